The molecule has 124 valence electrons. The monoisotopic (exact) mass is 318 g/mol. The summed E-state index contributed by atoms with van der Waals surface area (Å²) in [6, 6.07) is 0.422. The Morgan fingerprint density at radius 1 is 1.19 bits per heavy atom. The fraction of sp³-hybridized carbons (Fsp3) is 1.00. The van der Waals surface area contributed by atoms with Gasteiger partial charge >= 0.3 is 0 Å². The van der Waals surface area contributed by atoms with Gasteiger partial charge in [0.1, 0.15) is 0 Å². The van der Waals surface area contributed by atoms with Gasteiger partial charge in [0.2, 0.25) is 0 Å². The highest BCUT2D eigenvalue weighted by Gasteiger charge is 2.36. The first-order valence-electron chi connectivity index (χ1n) is 8.16. The zero-order valence-electron chi connectivity index (χ0n) is 13.4. The van der Waals surface area contributed by atoms with E-state index in [4.69, 9.17) is 0 Å². The summed E-state index contributed by atoms with van der Waals surface area (Å²) in [5.41, 5.74) is 0. The van der Waals surface area contributed by atoms with Gasteiger partial charge in [0.15, 0.2) is 0 Å². The predicted molar refractivity (Wildman–Crippen MR) is 85.5 cm³/mol. The minimum Gasteiger partial charge on any atom is -0.320 e. The molecular weight excluding hydrogens is 288 g/mol. The molecule has 0 amide bonds. The van der Waals surface area contributed by atoms with E-state index in [1.807, 2.05) is 7.05 Å². The molecule has 2 rings (SSSR count). The van der Waals surface area contributed by atoms with Crippen molar-refractivity contribution in [3.63, 3.8) is 0 Å². The van der Waals surface area contributed by atoms with E-state index < -0.39 is 10.2 Å². The first-order chi connectivity index (χ1) is 10.1. The van der Waals surface area contributed by atoms with Crippen LogP contribution in [0.2, 0.25) is 0 Å². The third-order valence-electron chi connectivity index (χ3n) is 4.65. The van der Waals surface area contributed by atoms with Crippen molar-refractivity contribution in [3.8, 4) is 0 Å². The number of hydrogen-bond donors (Lipinski definition) is 1. The standard InChI is InChI=1S/C14H30N4O2S/c1-15-8-6-9-16(2)21(19,20)18-12-7-14(13-18)17-10-4-3-5-11-17/h14-15H,3-13H2,1-2H3. The van der Waals surface area contributed by atoms with Crippen molar-refractivity contribution in [3.05, 3.63) is 0 Å². The summed E-state index contributed by atoms with van der Waals surface area (Å²) in [6.07, 6.45) is 5.65. The van der Waals surface area contributed by atoms with E-state index >= 15 is 0 Å². The SMILES string of the molecule is CNCCCN(C)S(=O)(=O)N1CCC(N2CCCCC2)C1. The van der Waals surface area contributed by atoms with Crippen molar-refractivity contribution < 1.29 is 8.42 Å². The second-order valence-corrected chi connectivity index (χ2v) is 8.22. The molecule has 1 unspecified atom stereocenters. The molecule has 2 aliphatic heterocycles. The van der Waals surface area contributed by atoms with Crippen LogP contribution in [0.4, 0.5) is 0 Å². The Morgan fingerprint density at radius 2 is 1.90 bits per heavy atom. The molecular formula is C14H30N4O2S. The minimum absolute atomic E-state index is 0.422. The summed E-state index contributed by atoms with van der Waals surface area (Å²) in [5.74, 6) is 0. The molecule has 2 aliphatic rings. The van der Waals surface area contributed by atoms with E-state index in [0.29, 0.717) is 25.7 Å². The summed E-state index contributed by atoms with van der Waals surface area (Å²) >= 11 is 0. The van der Waals surface area contributed by atoms with Crippen LogP contribution in [0, 0.1) is 0 Å². The molecule has 0 aliphatic carbocycles. The van der Waals surface area contributed by atoms with Gasteiger partial charge in [-0.1, -0.05) is 6.42 Å². The van der Waals surface area contributed by atoms with Crippen molar-refractivity contribution in [2.45, 2.75) is 38.1 Å². The molecule has 2 heterocycles. The van der Waals surface area contributed by atoms with Gasteiger partial charge in [-0.25, -0.2) is 0 Å². The zero-order chi connectivity index (χ0) is 15.3. The number of piperidine rings is 1. The average molecular weight is 318 g/mol. The van der Waals surface area contributed by atoms with Crippen molar-refractivity contribution in [2.24, 2.45) is 0 Å². The van der Waals surface area contributed by atoms with E-state index in [-0.39, 0.29) is 0 Å². The summed E-state index contributed by atoms with van der Waals surface area (Å²) in [7, 11) is 0.302. The second-order valence-electron chi connectivity index (χ2n) is 6.18. The fourth-order valence-corrected chi connectivity index (χ4v) is 4.74. The molecule has 21 heavy (non-hydrogen) atoms. The molecule has 0 radical (unpaired) electrons. The maximum absolute atomic E-state index is 12.6. The smallest absolute Gasteiger partial charge is 0.281 e. The van der Waals surface area contributed by atoms with E-state index in [0.717, 1.165) is 32.5 Å². The van der Waals surface area contributed by atoms with Gasteiger partial charge in [-0.15, -0.1) is 0 Å². The van der Waals surface area contributed by atoms with Crippen LogP contribution < -0.4 is 5.32 Å². The van der Waals surface area contributed by atoms with Crippen LogP contribution in [0.25, 0.3) is 0 Å². The summed E-state index contributed by atoms with van der Waals surface area (Å²) in [5, 5.41) is 3.05. The fourth-order valence-electron chi connectivity index (χ4n) is 3.29. The molecule has 7 heteroatoms. The molecule has 0 aromatic carbocycles. The van der Waals surface area contributed by atoms with Crippen LogP contribution in [0.3, 0.4) is 0 Å². The van der Waals surface area contributed by atoms with Crippen molar-refractivity contribution in [1.82, 2.24) is 18.8 Å². The van der Waals surface area contributed by atoms with Crippen LogP contribution in [0.1, 0.15) is 32.1 Å². The maximum atomic E-state index is 12.6. The van der Waals surface area contributed by atoms with Gasteiger partial charge in [-0.2, -0.15) is 17.0 Å². The first-order valence-corrected chi connectivity index (χ1v) is 9.55. The molecule has 0 aromatic heterocycles. The highest BCUT2D eigenvalue weighted by molar-refractivity contribution is 7.86. The number of nitrogens with one attached hydrogen (secondary N) is 1. The summed E-state index contributed by atoms with van der Waals surface area (Å²) in [6.45, 7) is 5.02. The van der Waals surface area contributed by atoms with Crippen LogP contribution in [0.15, 0.2) is 0 Å². The Morgan fingerprint density at radius 3 is 2.57 bits per heavy atom. The van der Waals surface area contributed by atoms with Crippen LogP contribution in [-0.2, 0) is 10.2 Å². The zero-order valence-corrected chi connectivity index (χ0v) is 14.2. The Hall–Kier alpha value is -0.210. The molecule has 2 fully saturated rings. The molecule has 0 bridgehead atoms. The van der Waals surface area contributed by atoms with Gasteiger partial charge in [-0.05, 0) is 52.4 Å². The van der Waals surface area contributed by atoms with Gasteiger partial charge in [-0.3, -0.25) is 4.90 Å². The van der Waals surface area contributed by atoms with Crippen LogP contribution >= 0.6 is 0 Å². The number of nitrogens with zero attached hydrogens (tertiary/aromatic N) is 3. The molecule has 1 atom stereocenters. The van der Waals surface area contributed by atoms with Crippen molar-refractivity contribution in [1.29, 1.82) is 0 Å². The van der Waals surface area contributed by atoms with Gasteiger partial charge in [0.05, 0.1) is 0 Å². The normalized spacial score (nSPS) is 25.8. The average Bonchev–Trinajstić information content (AvgIpc) is 2.99. The van der Waals surface area contributed by atoms with E-state index in [1.54, 1.807) is 11.4 Å². The van der Waals surface area contributed by atoms with Gasteiger partial charge in [0.25, 0.3) is 10.2 Å². The molecule has 1 N–H and O–H groups in total. The van der Waals surface area contributed by atoms with Gasteiger partial charge in [0, 0.05) is 32.7 Å². The Kier molecular flexibility index (Phi) is 6.43. The van der Waals surface area contributed by atoms with Crippen LogP contribution in [-0.4, -0.2) is 81.3 Å². The first kappa shape index (κ1) is 17.1. The quantitative estimate of drug-likeness (QED) is 0.688. The number of rotatable bonds is 7. The van der Waals surface area contributed by atoms with Crippen molar-refractivity contribution >= 4 is 10.2 Å². The Bertz CT molecular complexity index is 409. The number of hydrogen-bond acceptors (Lipinski definition) is 4. The minimum atomic E-state index is -3.28. The second kappa shape index (κ2) is 7.87. The molecule has 0 aromatic rings. The van der Waals surface area contributed by atoms with Crippen LogP contribution in [0.5, 0.6) is 0 Å². The van der Waals surface area contributed by atoms with E-state index in [1.165, 1.54) is 23.6 Å². The maximum Gasteiger partial charge on any atom is 0.281 e. The largest absolute Gasteiger partial charge is 0.320 e. The third kappa shape index (κ3) is 4.39. The molecule has 6 nitrogen and oxygen atoms in total. The lowest BCUT2D eigenvalue weighted by Gasteiger charge is -2.32. The number of likely N-dealkylation sites (tertiary alicyclic amines) is 1. The Balaban J connectivity index is 1.86. The topological polar surface area (TPSA) is 55.9 Å². The Labute approximate surface area is 129 Å². The van der Waals surface area contributed by atoms with E-state index in [9.17, 15) is 8.42 Å². The molecule has 2 saturated heterocycles. The molecule has 0 spiro atoms. The summed E-state index contributed by atoms with van der Waals surface area (Å²) in [4.78, 5) is 2.49. The summed E-state index contributed by atoms with van der Waals surface area (Å²) < 4.78 is 28.3. The lowest BCUT2D eigenvalue weighted by molar-refractivity contribution is 0.169. The predicted octanol–water partition coefficient (Wildman–Crippen LogP) is 0.333. The van der Waals surface area contributed by atoms with E-state index in [2.05, 4.69) is 10.2 Å². The lowest BCUT2D eigenvalue weighted by atomic mass is 10.1. The lowest BCUT2D eigenvalue weighted by Crippen LogP contribution is -2.45. The highest BCUT2D eigenvalue weighted by atomic mass is 32.2. The van der Waals surface area contributed by atoms with Gasteiger partial charge < -0.3 is 5.32 Å². The molecule has 0 saturated carbocycles. The van der Waals surface area contributed by atoms with Crippen molar-refractivity contribution in [2.75, 3.05) is 53.4 Å². The third-order valence-corrected chi connectivity index (χ3v) is 6.61. The highest BCUT2D eigenvalue weighted by Crippen LogP contribution is 2.23.